The minimum Gasteiger partial charge on any atom is -0.495 e. The molecule has 0 bridgehead atoms. The van der Waals surface area contributed by atoms with E-state index in [9.17, 15) is 0 Å². The lowest BCUT2D eigenvalue weighted by atomic mass is 9.86. The van der Waals surface area contributed by atoms with Gasteiger partial charge in [0.25, 0.3) is 0 Å². The van der Waals surface area contributed by atoms with Crippen LogP contribution >= 0.6 is 0 Å². The molecule has 3 rings (SSSR count). The second-order valence-electron chi connectivity index (χ2n) is 10.7. The lowest BCUT2D eigenvalue weighted by Gasteiger charge is -2.33. The van der Waals surface area contributed by atoms with Gasteiger partial charge < -0.3 is 4.74 Å². The number of hydrogen-bond acceptors (Lipinski definition) is 1. The van der Waals surface area contributed by atoms with Crippen molar-refractivity contribution in [2.45, 2.75) is 128 Å². The van der Waals surface area contributed by atoms with Gasteiger partial charge in [0.15, 0.2) is 0 Å². The topological polar surface area (TPSA) is 9.23 Å². The van der Waals surface area contributed by atoms with Crippen molar-refractivity contribution in [2.24, 2.45) is 0 Å². The van der Waals surface area contributed by atoms with E-state index >= 15 is 0 Å². The number of ether oxygens (including phenoxy) is 1. The van der Waals surface area contributed by atoms with Gasteiger partial charge in [0, 0.05) is 11.5 Å². The third-order valence-electron chi connectivity index (χ3n) is 7.57. The largest absolute Gasteiger partial charge is 0.495 e. The van der Waals surface area contributed by atoms with Crippen LogP contribution in [0.2, 0.25) is 0 Å². The van der Waals surface area contributed by atoms with Crippen LogP contribution in [0.25, 0.3) is 0 Å². The number of rotatable bonds is 14. The standard InChI is InChI=1S/C32H48O/c1-3-4-5-6-7-8-9-10-11-13-16-28-17-21-30(22-18-28)31-23-19-29(20-24-31)27-33-32(2)25-14-12-15-26-32/h17-24,27,31H,3-16,25-26H2,1-2H3. The van der Waals surface area contributed by atoms with Crippen LogP contribution in [0.15, 0.2) is 60.4 Å². The molecule has 0 aliphatic heterocycles. The van der Waals surface area contributed by atoms with Crippen LogP contribution in [0.1, 0.15) is 127 Å². The van der Waals surface area contributed by atoms with Crippen molar-refractivity contribution < 1.29 is 4.74 Å². The summed E-state index contributed by atoms with van der Waals surface area (Å²) < 4.78 is 6.19. The van der Waals surface area contributed by atoms with Crippen molar-refractivity contribution >= 4 is 0 Å². The first-order valence-corrected chi connectivity index (χ1v) is 14.0. The van der Waals surface area contributed by atoms with Crippen LogP contribution in [0.4, 0.5) is 0 Å². The number of benzene rings is 1. The average molecular weight is 449 g/mol. The third-order valence-corrected chi connectivity index (χ3v) is 7.57. The van der Waals surface area contributed by atoms with Gasteiger partial charge in [0.05, 0.1) is 6.26 Å². The second-order valence-corrected chi connectivity index (χ2v) is 10.7. The molecule has 1 aromatic rings. The molecule has 1 nitrogen and oxygen atoms in total. The van der Waals surface area contributed by atoms with E-state index in [4.69, 9.17) is 4.74 Å². The molecular formula is C32H48O. The molecule has 1 aromatic carbocycles. The van der Waals surface area contributed by atoms with Gasteiger partial charge >= 0.3 is 0 Å². The Morgan fingerprint density at radius 1 is 0.788 bits per heavy atom. The molecule has 1 saturated carbocycles. The van der Waals surface area contributed by atoms with Crippen LogP contribution in [0.3, 0.4) is 0 Å². The van der Waals surface area contributed by atoms with E-state index < -0.39 is 0 Å². The Morgan fingerprint density at radius 3 is 1.97 bits per heavy atom. The highest BCUT2D eigenvalue weighted by molar-refractivity contribution is 5.42. The maximum atomic E-state index is 6.19. The molecule has 33 heavy (non-hydrogen) atoms. The number of unbranched alkanes of at least 4 members (excludes halogenated alkanes) is 9. The van der Waals surface area contributed by atoms with Crippen LogP contribution in [-0.4, -0.2) is 5.60 Å². The third kappa shape index (κ3) is 9.55. The molecule has 0 atom stereocenters. The van der Waals surface area contributed by atoms with E-state index in [-0.39, 0.29) is 5.60 Å². The lowest BCUT2D eigenvalue weighted by Crippen LogP contribution is -2.29. The minimum absolute atomic E-state index is 0.0356. The molecule has 1 heteroatoms. The average Bonchev–Trinajstić information content (AvgIpc) is 2.85. The van der Waals surface area contributed by atoms with E-state index in [2.05, 4.69) is 62.4 Å². The van der Waals surface area contributed by atoms with Gasteiger partial charge in [-0.3, -0.25) is 0 Å². The Bertz CT molecular complexity index is 729. The SMILES string of the molecule is CCCCCCCCCCCCc1ccc(C2C=CC(=COC3(C)CCCCC3)C=C2)cc1. The summed E-state index contributed by atoms with van der Waals surface area (Å²) in [5.41, 5.74) is 4.08. The molecular weight excluding hydrogens is 400 g/mol. The Balaban J connectivity index is 1.32. The number of aryl methyl sites for hydroxylation is 1. The summed E-state index contributed by atoms with van der Waals surface area (Å²) in [6.45, 7) is 4.55. The number of allylic oxidation sites excluding steroid dienone is 5. The number of hydrogen-bond donors (Lipinski definition) is 0. The molecule has 182 valence electrons. The maximum absolute atomic E-state index is 6.19. The lowest BCUT2D eigenvalue weighted by molar-refractivity contribution is 0.00527. The highest BCUT2D eigenvalue weighted by Gasteiger charge is 2.27. The fraction of sp³-hybridized carbons (Fsp3) is 0.625. The van der Waals surface area contributed by atoms with Gasteiger partial charge in [-0.25, -0.2) is 0 Å². The zero-order chi connectivity index (χ0) is 23.2. The molecule has 0 heterocycles. The van der Waals surface area contributed by atoms with Crippen LogP contribution in [-0.2, 0) is 11.2 Å². The Kier molecular flexibility index (Phi) is 11.4. The zero-order valence-electron chi connectivity index (χ0n) is 21.5. The molecule has 0 amide bonds. The maximum Gasteiger partial charge on any atom is 0.105 e. The van der Waals surface area contributed by atoms with E-state index in [1.807, 2.05) is 6.26 Å². The summed E-state index contributed by atoms with van der Waals surface area (Å²) in [5.74, 6) is 0.374. The molecule has 2 aliphatic carbocycles. The Labute approximate surface area is 204 Å². The zero-order valence-corrected chi connectivity index (χ0v) is 21.5. The van der Waals surface area contributed by atoms with Gasteiger partial charge in [0.2, 0.25) is 0 Å². The first kappa shape index (κ1) is 25.9. The predicted octanol–water partition coefficient (Wildman–Crippen LogP) is 9.98. The van der Waals surface area contributed by atoms with Crippen molar-refractivity contribution in [1.29, 1.82) is 0 Å². The summed E-state index contributed by atoms with van der Waals surface area (Å²) in [7, 11) is 0. The summed E-state index contributed by atoms with van der Waals surface area (Å²) in [5, 5.41) is 0. The van der Waals surface area contributed by atoms with Crippen molar-refractivity contribution in [1.82, 2.24) is 0 Å². The molecule has 0 spiro atoms. The van der Waals surface area contributed by atoms with Gasteiger partial charge in [-0.15, -0.1) is 0 Å². The summed E-state index contributed by atoms with van der Waals surface area (Å²) in [6.07, 6.45) is 32.6. The second kappa shape index (κ2) is 14.5. The first-order valence-electron chi connectivity index (χ1n) is 14.0. The van der Waals surface area contributed by atoms with E-state index in [1.54, 1.807) is 0 Å². The van der Waals surface area contributed by atoms with Crippen LogP contribution in [0.5, 0.6) is 0 Å². The summed E-state index contributed by atoms with van der Waals surface area (Å²) in [4.78, 5) is 0. The summed E-state index contributed by atoms with van der Waals surface area (Å²) in [6, 6.07) is 9.31. The van der Waals surface area contributed by atoms with Crippen molar-refractivity contribution in [3.8, 4) is 0 Å². The van der Waals surface area contributed by atoms with E-state index in [1.165, 1.54) is 119 Å². The molecule has 2 aliphatic rings. The van der Waals surface area contributed by atoms with Gasteiger partial charge in [0.1, 0.15) is 5.60 Å². The summed E-state index contributed by atoms with van der Waals surface area (Å²) >= 11 is 0. The highest BCUT2D eigenvalue weighted by Crippen LogP contribution is 2.32. The van der Waals surface area contributed by atoms with Gasteiger partial charge in [-0.1, -0.05) is 120 Å². The van der Waals surface area contributed by atoms with Crippen molar-refractivity contribution in [3.63, 3.8) is 0 Å². The fourth-order valence-electron chi connectivity index (χ4n) is 5.20. The fourth-order valence-corrected chi connectivity index (χ4v) is 5.20. The molecule has 0 saturated heterocycles. The molecule has 0 unspecified atom stereocenters. The molecule has 0 N–H and O–H groups in total. The van der Waals surface area contributed by atoms with Crippen LogP contribution in [0, 0.1) is 0 Å². The normalized spacial score (nSPS) is 19.6. The van der Waals surface area contributed by atoms with E-state index in [0.29, 0.717) is 5.92 Å². The molecule has 1 fully saturated rings. The monoisotopic (exact) mass is 448 g/mol. The Morgan fingerprint density at radius 2 is 1.36 bits per heavy atom. The minimum atomic E-state index is 0.0356. The van der Waals surface area contributed by atoms with Gasteiger partial charge in [-0.05, 0) is 56.6 Å². The first-order chi connectivity index (χ1) is 16.2. The quantitative estimate of drug-likeness (QED) is 0.203. The van der Waals surface area contributed by atoms with Crippen molar-refractivity contribution in [3.05, 3.63) is 71.5 Å². The molecule has 0 radical (unpaired) electrons. The van der Waals surface area contributed by atoms with E-state index in [0.717, 1.165) is 0 Å². The van der Waals surface area contributed by atoms with Gasteiger partial charge in [-0.2, -0.15) is 0 Å². The van der Waals surface area contributed by atoms with Crippen LogP contribution < -0.4 is 0 Å². The van der Waals surface area contributed by atoms with Crippen molar-refractivity contribution in [2.75, 3.05) is 0 Å². The predicted molar refractivity (Wildman–Crippen MR) is 144 cm³/mol. The smallest absolute Gasteiger partial charge is 0.105 e. The molecule has 0 aromatic heterocycles. The highest BCUT2D eigenvalue weighted by atomic mass is 16.5. The Hall–Kier alpha value is -1.76.